The third kappa shape index (κ3) is 6.10. The predicted molar refractivity (Wildman–Crippen MR) is 49.7 cm³/mol. The van der Waals surface area contributed by atoms with Crippen LogP contribution in [0.5, 0.6) is 0 Å². The summed E-state index contributed by atoms with van der Waals surface area (Å²) in [7, 11) is 0. The van der Waals surface area contributed by atoms with E-state index in [0.29, 0.717) is 0 Å². The number of nitriles is 1. The minimum atomic E-state index is 0.792. The van der Waals surface area contributed by atoms with Crippen molar-refractivity contribution >= 4 is 0 Å². The molecule has 0 aromatic carbocycles. The topological polar surface area (TPSA) is 65.1 Å². The van der Waals surface area contributed by atoms with Gasteiger partial charge in [0.2, 0.25) is 0 Å². The lowest BCUT2D eigenvalue weighted by atomic mass is 10.3. The number of hydrogen-bond acceptors (Lipinski definition) is 4. The van der Waals surface area contributed by atoms with E-state index in [4.69, 9.17) is 11.0 Å². The average molecular weight is 170 g/mol. The Hall–Kier alpha value is -0.630. The van der Waals surface area contributed by atoms with E-state index in [-0.39, 0.29) is 0 Å². The van der Waals surface area contributed by atoms with E-state index < -0.39 is 0 Å². The first-order chi connectivity index (χ1) is 5.85. The van der Waals surface area contributed by atoms with E-state index in [1.165, 1.54) is 6.92 Å². The van der Waals surface area contributed by atoms with Gasteiger partial charge in [0.25, 0.3) is 0 Å². The first kappa shape index (κ1) is 11.4. The molecule has 1 aliphatic rings. The van der Waals surface area contributed by atoms with Crippen molar-refractivity contribution in [3.63, 3.8) is 0 Å². The Bertz CT molecular complexity index is 121. The van der Waals surface area contributed by atoms with Gasteiger partial charge in [0.05, 0.1) is 6.07 Å². The number of nitrogens with one attached hydrogen (secondary N) is 1. The van der Waals surface area contributed by atoms with Crippen molar-refractivity contribution in [3.8, 4) is 6.07 Å². The second-order valence-electron chi connectivity index (χ2n) is 2.60. The molecule has 0 bridgehead atoms. The van der Waals surface area contributed by atoms with Crippen molar-refractivity contribution in [3.05, 3.63) is 0 Å². The van der Waals surface area contributed by atoms with Gasteiger partial charge < -0.3 is 11.1 Å². The number of nitrogens with two attached hydrogens (primary N) is 1. The molecule has 0 aromatic rings. The highest BCUT2D eigenvalue weighted by molar-refractivity contribution is 4.66. The Morgan fingerprint density at radius 3 is 2.42 bits per heavy atom. The van der Waals surface area contributed by atoms with Gasteiger partial charge in [-0.3, -0.25) is 4.90 Å². The molecular formula is C8H18N4. The van der Waals surface area contributed by atoms with Gasteiger partial charge in [-0.05, 0) is 0 Å². The van der Waals surface area contributed by atoms with Crippen LogP contribution in [0.1, 0.15) is 6.92 Å². The zero-order chi connectivity index (χ0) is 9.23. The van der Waals surface area contributed by atoms with E-state index in [0.717, 1.165) is 39.3 Å². The van der Waals surface area contributed by atoms with Gasteiger partial charge in [-0.1, -0.05) is 0 Å². The molecule has 0 atom stereocenters. The molecule has 70 valence electrons. The first-order valence-corrected chi connectivity index (χ1v) is 4.29. The van der Waals surface area contributed by atoms with E-state index >= 15 is 0 Å². The van der Waals surface area contributed by atoms with Gasteiger partial charge in [-0.2, -0.15) is 5.26 Å². The first-order valence-electron chi connectivity index (χ1n) is 4.29. The minimum absolute atomic E-state index is 0.792. The van der Waals surface area contributed by atoms with E-state index in [1.54, 1.807) is 6.07 Å². The van der Waals surface area contributed by atoms with Crippen LogP contribution in [-0.2, 0) is 0 Å². The lowest BCUT2D eigenvalue weighted by molar-refractivity contribution is 0.247. The normalized spacial score (nSPS) is 17.4. The summed E-state index contributed by atoms with van der Waals surface area (Å²) in [5.74, 6) is 0. The third-order valence-electron chi connectivity index (χ3n) is 1.65. The fourth-order valence-corrected chi connectivity index (χ4v) is 1.12. The summed E-state index contributed by atoms with van der Waals surface area (Å²) in [6.07, 6.45) is 0. The molecule has 0 aliphatic carbocycles. The average Bonchev–Trinajstić information content (AvgIpc) is 2.08. The maximum absolute atomic E-state index is 7.32. The lowest BCUT2D eigenvalue weighted by Gasteiger charge is -2.26. The fraction of sp³-hybridized carbons (Fsp3) is 0.875. The van der Waals surface area contributed by atoms with Crippen molar-refractivity contribution < 1.29 is 0 Å². The van der Waals surface area contributed by atoms with E-state index in [9.17, 15) is 0 Å². The second kappa shape index (κ2) is 8.47. The van der Waals surface area contributed by atoms with Crippen molar-refractivity contribution in [2.75, 3.05) is 39.3 Å². The van der Waals surface area contributed by atoms with Crippen LogP contribution in [-0.4, -0.2) is 44.2 Å². The van der Waals surface area contributed by atoms with Crippen LogP contribution in [0.4, 0.5) is 0 Å². The molecule has 1 saturated heterocycles. The Morgan fingerprint density at radius 2 is 2.00 bits per heavy atom. The summed E-state index contributed by atoms with van der Waals surface area (Å²) in [5, 5.41) is 10.6. The zero-order valence-electron chi connectivity index (χ0n) is 7.71. The summed E-state index contributed by atoms with van der Waals surface area (Å²) in [5.41, 5.74) is 5.40. The van der Waals surface area contributed by atoms with Crippen LogP contribution in [0, 0.1) is 11.3 Å². The number of hydrogen-bond donors (Lipinski definition) is 2. The molecule has 1 aliphatic heterocycles. The van der Waals surface area contributed by atoms with Gasteiger partial charge in [-0.25, -0.2) is 0 Å². The molecule has 0 aromatic heterocycles. The molecule has 1 heterocycles. The quantitative estimate of drug-likeness (QED) is 0.579. The molecule has 0 saturated carbocycles. The summed E-state index contributed by atoms with van der Waals surface area (Å²) < 4.78 is 0. The van der Waals surface area contributed by atoms with Crippen LogP contribution in [0.15, 0.2) is 0 Å². The highest BCUT2D eigenvalue weighted by atomic mass is 15.2. The van der Waals surface area contributed by atoms with Crippen LogP contribution in [0.25, 0.3) is 0 Å². The van der Waals surface area contributed by atoms with Crippen molar-refractivity contribution in [2.24, 2.45) is 5.73 Å². The highest BCUT2D eigenvalue weighted by Gasteiger charge is 2.06. The summed E-state index contributed by atoms with van der Waals surface area (Å²) >= 11 is 0. The van der Waals surface area contributed by atoms with Crippen molar-refractivity contribution in [1.29, 1.82) is 5.26 Å². The Labute approximate surface area is 74.3 Å². The maximum Gasteiger partial charge on any atom is 0.0587 e. The second-order valence-corrected chi connectivity index (χ2v) is 2.60. The molecule has 4 heteroatoms. The Kier molecular flexibility index (Phi) is 8.02. The molecule has 1 rings (SSSR count). The molecule has 4 nitrogen and oxygen atoms in total. The molecule has 0 unspecified atom stereocenters. The monoisotopic (exact) mass is 170 g/mol. The van der Waals surface area contributed by atoms with Gasteiger partial charge in [-0.15, -0.1) is 0 Å². The lowest BCUT2D eigenvalue weighted by Crippen LogP contribution is -2.45. The molecule has 1 fully saturated rings. The van der Waals surface area contributed by atoms with Gasteiger partial charge >= 0.3 is 0 Å². The summed E-state index contributed by atoms with van der Waals surface area (Å²) in [6, 6.07) is 1.75. The number of piperazine rings is 1. The third-order valence-corrected chi connectivity index (χ3v) is 1.65. The maximum atomic E-state index is 7.32. The molecule has 0 amide bonds. The molecule has 12 heavy (non-hydrogen) atoms. The van der Waals surface area contributed by atoms with Crippen LogP contribution < -0.4 is 11.1 Å². The fourth-order valence-electron chi connectivity index (χ4n) is 1.12. The minimum Gasteiger partial charge on any atom is -0.329 e. The molecule has 0 radical (unpaired) electrons. The van der Waals surface area contributed by atoms with Crippen LogP contribution in [0.3, 0.4) is 0 Å². The van der Waals surface area contributed by atoms with Crippen LogP contribution >= 0.6 is 0 Å². The van der Waals surface area contributed by atoms with Gasteiger partial charge in [0.15, 0.2) is 0 Å². The SMILES string of the molecule is CC#N.NCCN1CCNCC1. The summed E-state index contributed by atoms with van der Waals surface area (Å²) in [4.78, 5) is 2.39. The molecular weight excluding hydrogens is 152 g/mol. The smallest absolute Gasteiger partial charge is 0.0587 e. The van der Waals surface area contributed by atoms with E-state index in [2.05, 4.69) is 10.2 Å². The van der Waals surface area contributed by atoms with Gasteiger partial charge in [0, 0.05) is 46.2 Å². The predicted octanol–water partition coefficient (Wildman–Crippen LogP) is -0.620. The highest BCUT2D eigenvalue weighted by Crippen LogP contribution is 1.88. The molecule has 0 spiro atoms. The Balaban J connectivity index is 0.000000354. The van der Waals surface area contributed by atoms with Gasteiger partial charge in [0.1, 0.15) is 0 Å². The molecule has 3 N–H and O–H groups in total. The largest absolute Gasteiger partial charge is 0.329 e. The van der Waals surface area contributed by atoms with Crippen molar-refractivity contribution in [2.45, 2.75) is 6.92 Å². The number of rotatable bonds is 2. The Morgan fingerprint density at radius 1 is 1.50 bits per heavy atom. The van der Waals surface area contributed by atoms with Crippen LogP contribution in [0.2, 0.25) is 0 Å². The number of nitrogens with zero attached hydrogens (tertiary/aromatic N) is 2. The van der Waals surface area contributed by atoms with Crippen molar-refractivity contribution in [1.82, 2.24) is 10.2 Å². The standard InChI is InChI=1S/C6H15N3.C2H3N/c7-1-4-9-5-2-8-3-6-9;1-2-3/h8H,1-7H2;1H3. The summed E-state index contributed by atoms with van der Waals surface area (Å²) in [6.45, 7) is 7.86. The zero-order valence-corrected chi connectivity index (χ0v) is 7.71. The van der Waals surface area contributed by atoms with E-state index in [1.807, 2.05) is 0 Å².